The fraction of sp³-hybridized carbons (Fsp3) is 0.476. The lowest BCUT2D eigenvalue weighted by molar-refractivity contribution is 0.134. The van der Waals surface area contributed by atoms with Crippen LogP contribution in [0.2, 0.25) is 0 Å². The third-order valence-corrected chi connectivity index (χ3v) is 4.81. The minimum atomic E-state index is -1.47. The maximum atomic E-state index is 11.3. The van der Waals surface area contributed by atoms with E-state index in [2.05, 4.69) is 20.4 Å². The summed E-state index contributed by atoms with van der Waals surface area (Å²) in [6, 6.07) is 3.99. The van der Waals surface area contributed by atoms with E-state index in [1.54, 1.807) is 4.68 Å². The van der Waals surface area contributed by atoms with E-state index in [1.807, 2.05) is 58.7 Å². The average molecular weight is 444 g/mol. The minimum Gasteiger partial charge on any atom is -0.449 e. The molecule has 0 atom stereocenters. The Bertz CT molecular complexity index is 1090. The van der Waals surface area contributed by atoms with Gasteiger partial charge in [-0.2, -0.15) is 4.98 Å². The highest BCUT2D eigenvalue weighted by Crippen LogP contribution is 2.32. The Hall–Kier alpha value is -3.47. The number of aromatic nitrogens is 5. The summed E-state index contributed by atoms with van der Waals surface area (Å²) in [5.41, 5.74) is 2.69. The number of carboxylic acid groups (broad SMARTS) is 1. The first kappa shape index (κ1) is 23.2. The number of anilines is 3. The summed E-state index contributed by atoms with van der Waals surface area (Å²) in [6.07, 6.45) is -1.47. The van der Waals surface area contributed by atoms with Crippen molar-refractivity contribution in [3.63, 3.8) is 0 Å². The summed E-state index contributed by atoms with van der Waals surface area (Å²) in [4.78, 5) is 27.0. The van der Waals surface area contributed by atoms with E-state index in [1.165, 1.54) is 0 Å². The zero-order valence-electron chi connectivity index (χ0n) is 19.2. The summed E-state index contributed by atoms with van der Waals surface area (Å²) in [6.45, 7) is 11.1. The van der Waals surface area contributed by atoms with Crippen LogP contribution in [0, 0.1) is 13.8 Å². The maximum absolute atomic E-state index is 11.3. The predicted octanol–water partition coefficient (Wildman–Crippen LogP) is 3.52. The molecule has 0 fully saturated rings. The van der Waals surface area contributed by atoms with E-state index in [9.17, 15) is 9.90 Å². The SMILES string of the molecule is CCOCCn1nc(OC(=O)O)c2nc(N(C)C(C)C)nc(Nc3cc(C)cc(C)n3)c21. The van der Waals surface area contributed by atoms with Crippen molar-refractivity contribution in [3.05, 3.63) is 23.4 Å². The molecule has 0 aliphatic carbocycles. The highest BCUT2D eigenvalue weighted by atomic mass is 16.7. The summed E-state index contributed by atoms with van der Waals surface area (Å²) < 4.78 is 12.0. The molecule has 3 aromatic rings. The predicted molar refractivity (Wildman–Crippen MR) is 121 cm³/mol. The lowest BCUT2D eigenvalue weighted by Crippen LogP contribution is -2.27. The van der Waals surface area contributed by atoms with Gasteiger partial charge in [-0.1, -0.05) is 0 Å². The number of rotatable bonds is 9. The van der Waals surface area contributed by atoms with Crippen LogP contribution >= 0.6 is 0 Å². The van der Waals surface area contributed by atoms with Crippen molar-refractivity contribution in [2.24, 2.45) is 0 Å². The van der Waals surface area contributed by atoms with E-state index in [0.717, 1.165) is 11.3 Å². The summed E-state index contributed by atoms with van der Waals surface area (Å²) >= 11 is 0. The van der Waals surface area contributed by atoms with Gasteiger partial charge in [0.15, 0.2) is 11.3 Å². The van der Waals surface area contributed by atoms with Gasteiger partial charge in [-0.25, -0.2) is 14.8 Å². The fourth-order valence-corrected chi connectivity index (χ4v) is 3.15. The number of fused-ring (bicyclic) bond motifs is 1. The van der Waals surface area contributed by atoms with E-state index < -0.39 is 6.16 Å². The van der Waals surface area contributed by atoms with Gasteiger partial charge in [-0.05, 0) is 52.3 Å². The molecule has 2 N–H and O–H groups in total. The van der Waals surface area contributed by atoms with Crippen molar-refractivity contribution in [1.29, 1.82) is 0 Å². The molecule has 0 aliphatic heterocycles. The van der Waals surface area contributed by atoms with Crippen LogP contribution in [0.1, 0.15) is 32.0 Å². The van der Waals surface area contributed by atoms with Gasteiger partial charge in [-0.3, -0.25) is 4.68 Å². The Morgan fingerprint density at radius 3 is 2.62 bits per heavy atom. The van der Waals surface area contributed by atoms with Crippen LogP contribution in [0.3, 0.4) is 0 Å². The number of hydrogen-bond donors (Lipinski definition) is 2. The number of hydrogen-bond acceptors (Lipinski definition) is 9. The number of carbonyl (C=O) groups is 1. The summed E-state index contributed by atoms with van der Waals surface area (Å²) in [5, 5.41) is 16.8. The largest absolute Gasteiger partial charge is 0.512 e. The van der Waals surface area contributed by atoms with Crippen LogP contribution in [0.15, 0.2) is 12.1 Å². The summed E-state index contributed by atoms with van der Waals surface area (Å²) in [7, 11) is 1.86. The second kappa shape index (κ2) is 9.77. The molecule has 0 amide bonds. The normalized spacial score (nSPS) is 11.2. The number of aryl methyl sites for hydroxylation is 2. The molecule has 3 aromatic heterocycles. The van der Waals surface area contributed by atoms with Crippen molar-refractivity contribution < 1.29 is 19.4 Å². The maximum Gasteiger partial charge on any atom is 0.512 e. The number of ether oxygens (including phenoxy) is 2. The molecule has 0 spiro atoms. The fourth-order valence-electron chi connectivity index (χ4n) is 3.15. The van der Waals surface area contributed by atoms with Gasteiger partial charge >= 0.3 is 6.16 Å². The third kappa shape index (κ3) is 5.22. The van der Waals surface area contributed by atoms with Crippen molar-refractivity contribution in [2.45, 2.75) is 47.2 Å². The first-order chi connectivity index (χ1) is 15.2. The number of nitrogens with zero attached hydrogens (tertiary/aromatic N) is 6. The lowest BCUT2D eigenvalue weighted by atomic mass is 10.2. The lowest BCUT2D eigenvalue weighted by Gasteiger charge is -2.22. The highest BCUT2D eigenvalue weighted by Gasteiger charge is 2.23. The molecular formula is C21H29N7O4. The Morgan fingerprint density at radius 2 is 2.00 bits per heavy atom. The molecule has 3 rings (SSSR count). The van der Waals surface area contributed by atoms with Crippen molar-refractivity contribution in [2.75, 3.05) is 30.5 Å². The van der Waals surface area contributed by atoms with E-state index in [0.29, 0.717) is 42.9 Å². The molecule has 172 valence electrons. The molecule has 0 aliphatic rings. The molecule has 11 nitrogen and oxygen atoms in total. The smallest absolute Gasteiger partial charge is 0.449 e. The Morgan fingerprint density at radius 1 is 1.25 bits per heavy atom. The molecule has 0 saturated heterocycles. The highest BCUT2D eigenvalue weighted by molar-refractivity contribution is 5.93. The standard InChI is InChI=1S/C21H29N7O4/c1-7-31-9-8-28-17-16(19(26-28)32-21(29)30)24-20(27(6)12(2)3)25-18(17)23-15-11-13(4)10-14(5)22-15/h10-12H,7-9H2,1-6H3,(H,29,30)(H,22,23,24,25). The van der Waals surface area contributed by atoms with Gasteiger partial charge in [0.2, 0.25) is 5.95 Å². The molecule has 11 heteroatoms. The molecule has 0 bridgehead atoms. The second-order valence-electron chi connectivity index (χ2n) is 7.66. The molecule has 0 unspecified atom stereocenters. The average Bonchev–Trinajstić information content (AvgIpc) is 3.03. The Labute approximate surface area is 186 Å². The zero-order valence-corrected chi connectivity index (χ0v) is 19.2. The third-order valence-electron chi connectivity index (χ3n) is 4.81. The minimum absolute atomic E-state index is 0.108. The van der Waals surface area contributed by atoms with E-state index >= 15 is 0 Å². The van der Waals surface area contributed by atoms with Crippen LogP contribution in [-0.2, 0) is 11.3 Å². The number of pyridine rings is 1. The monoisotopic (exact) mass is 443 g/mol. The van der Waals surface area contributed by atoms with Gasteiger partial charge in [0.25, 0.3) is 5.88 Å². The van der Waals surface area contributed by atoms with E-state index in [-0.39, 0.29) is 17.4 Å². The van der Waals surface area contributed by atoms with Gasteiger partial charge in [0.1, 0.15) is 11.3 Å². The first-order valence-corrected chi connectivity index (χ1v) is 10.4. The molecule has 32 heavy (non-hydrogen) atoms. The van der Waals surface area contributed by atoms with Gasteiger partial charge in [0, 0.05) is 25.4 Å². The quantitative estimate of drug-likeness (QED) is 0.374. The van der Waals surface area contributed by atoms with Crippen LogP contribution in [-0.4, -0.2) is 62.3 Å². The number of nitrogens with one attached hydrogen (secondary N) is 1. The van der Waals surface area contributed by atoms with Gasteiger partial charge in [0.05, 0.1) is 13.2 Å². The molecule has 3 heterocycles. The van der Waals surface area contributed by atoms with Gasteiger partial charge < -0.3 is 24.8 Å². The Kier molecular flexibility index (Phi) is 7.08. The van der Waals surface area contributed by atoms with Crippen molar-refractivity contribution in [1.82, 2.24) is 24.7 Å². The van der Waals surface area contributed by atoms with Gasteiger partial charge in [-0.15, -0.1) is 5.10 Å². The molecule has 0 aromatic carbocycles. The van der Waals surface area contributed by atoms with Crippen LogP contribution in [0.25, 0.3) is 11.0 Å². The first-order valence-electron chi connectivity index (χ1n) is 10.4. The summed E-state index contributed by atoms with van der Waals surface area (Å²) in [5.74, 6) is 1.35. The van der Waals surface area contributed by atoms with Crippen molar-refractivity contribution in [3.8, 4) is 5.88 Å². The zero-order chi connectivity index (χ0) is 23.4. The molecule has 0 saturated carbocycles. The van der Waals surface area contributed by atoms with Crippen LogP contribution < -0.4 is 15.0 Å². The Balaban J connectivity index is 2.21. The molecule has 0 radical (unpaired) electrons. The van der Waals surface area contributed by atoms with Crippen LogP contribution in [0.4, 0.5) is 22.4 Å². The van der Waals surface area contributed by atoms with E-state index in [4.69, 9.17) is 14.5 Å². The molecular weight excluding hydrogens is 414 g/mol. The topological polar surface area (TPSA) is 128 Å². The van der Waals surface area contributed by atoms with Crippen LogP contribution in [0.5, 0.6) is 5.88 Å². The van der Waals surface area contributed by atoms with Crippen molar-refractivity contribution >= 4 is 34.8 Å². The second-order valence-corrected chi connectivity index (χ2v) is 7.66.